The first-order chi connectivity index (χ1) is 9.01. The minimum Gasteiger partial charge on any atom is -0.389 e. The molecule has 0 radical (unpaired) electrons. The van der Waals surface area contributed by atoms with E-state index in [1.165, 1.54) is 6.07 Å². The van der Waals surface area contributed by atoms with Crippen molar-refractivity contribution in [3.05, 3.63) is 35.6 Å². The standard InChI is InChI=1S/C16H24FNO/c1-18(2)12-14-8-5-6-10-16(14,19)11-13-7-3-4-9-15(13)17/h3-4,7,9,14,19H,5-6,8,10-12H2,1-2H3/t14-,16+/m1/s1. The van der Waals surface area contributed by atoms with Gasteiger partial charge < -0.3 is 10.0 Å². The first-order valence-electron chi connectivity index (χ1n) is 7.12. The lowest BCUT2D eigenvalue weighted by atomic mass is 9.72. The maximum atomic E-state index is 13.8. The highest BCUT2D eigenvalue weighted by molar-refractivity contribution is 5.20. The Morgan fingerprint density at radius 1 is 1.32 bits per heavy atom. The van der Waals surface area contributed by atoms with E-state index >= 15 is 0 Å². The highest BCUT2D eigenvalue weighted by Gasteiger charge is 2.39. The fourth-order valence-corrected chi connectivity index (χ4v) is 3.20. The maximum absolute atomic E-state index is 13.8. The molecule has 2 rings (SSSR count). The van der Waals surface area contributed by atoms with Gasteiger partial charge in [0, 0.05) is 18.9 Å². The highest BCUT2D eigenvalue weighted by Crippen LogP contribution is 2.37. The van der Waals surface area contributed by atoms with Gasteiger partial charge in [-0.3, -0.25) is 0 Å². The van der Waals surface area contributed by atoms with Gasteiger partial charge in [0.1, 0.15) is 5.82 Å². The molecule has 2 nitrogen and oxygen atoms in total. The topological polar surface area (TPSA) is 23.5 Å². The van der Waals surface area contributed by atoms with Crippen molar-refractivity contribution in [2.45, 2.75) is 37.7 Å². The van der Waals surface area contributed by atoms with Crippen molar-refractivity contribution in [3.63, 3.8) is 0 Å². The van der Waals surface area contributed by atoms with Crippen LogP contribution in [0.25, 0.3) is 0 Å². The summed E-state index contributed by atoms with van der Waals surface area (Å²) in [5.74, 6) is 0.0287. The van der Waals surface area contributed by atoms with E-state index in [0.29, 0.717) is 12.0 Å². The van der Waals surface area contributed by atoms with Crippen LogP contribution in [0.3, 0.4) is 0 Å². The molecule has 1 aliphatic rings. The molecule has 106 valence electrons. The molecule has 0 amide bonds. The highest BCUT2D eigenvalue weighted by atomic mass is 19.1. The van der Waals surface area contributed by atoms with E-state index in [-0.39, 0.29) is 11.7 Å². The molecule has 19 heavy (non-hydrogen) atoms. The Bertz CT molecular complexity index is 421. The molecular weight excluding hydrogens is 241 g/mol. The fourth-order valence-electron chi connectivity index (χ4n) is 3.20. The third kappa shape index (κ3) is 3.54. The number of halogens is 1. The third-order valence-electron chi connectivity index (χ3n) is 4.21. The average Bonchev–Trinajstić information content (AvgIpc) is 2.35. The van der Waals surface area contributed by atoms with Crippen LogP contribution in [0.2, 0.25) is 0 Å². The maximum Gasteiger partial charge on any atom is 0.126 e. The molecule has 3 heteroatoms. The summed E-state index contributed by atoms with van der Waals surface area (Å²) >= 11 is 0. The smallest absolute Gasteiger partial charge is 0.126 e. The molecule has 1 aromatic rings. The number of nitrogens with zero attached hydrogens (tertiary/aromatic N) is 1. The molecule has 1 aromatic carbocycles. The second-order valence-electron chi connectivity index (χ2n) is 6.08. The van der Waals surface area contributed by atoms with Crippen LogP contribution in [-0.4, -0.2) is 36.2 Å². The Morgan fingerprint density at radius 2 is 2.05 bits per heavy atom. The van der Waals surface area contributed by atoms with Crippen molar-refractivity contribution in [2.24, 2.45) is 5.92 Å². The zero-order valence-corrected chi connectivity index (χ0v) is 11.9. The minimum absolute atomic E-state index is 0.204. The van der Waals surface area contributed by atoms with E-state index in [2.05, 4.69) is 4.90 Å². The van der Waals surface area contributed by atoms with Gasteiger partial charge in [0.25, 0.3) is 0 Å². The Hall–Kier alpha value is -0.930. The molecule has 1 fully saturated rings. The first kappa shape index (κ1) is 14.5. The lowest BCUT2D eigenvalue weighted by molar-refractivity contribution is -0.0557. The predicted molar refractivity (Wildman–Crippen MR) is 75.6 cm³/mol. The van der Waals surface area contributed by atoms with Crippen LogP contribution < -0.4 is 0 Å². The molecule has 0 bridgehead atoms. The molecule has 0 unspecified atom stereocenters. The molecule has 0 aromatic heterocycles. The second-order valence-corrected chi connectivity index (χ2v) is 6.08. The Kier molecular flexibility index (Phi) is 4.58. The van der Waals surface area contributed by atoms with Crippen molar-refractivity contribution in [2.75, 3.05) is 20.6 Å². The number of hydrogen-bond donors (Lipinski definition) is 1. The minimum atomic E-state index is -0.759. The van der Waals surface area contributed by atoms with E-state index in [1.54, 1.807) is 12.1 Å². The van der Waals surface area contributed by atoms with Gasteiger partial charge in [-0.1, -0.05) is 31.0 Å². The summed E-state index contributed by atoms with van der Waals surface area (Å²) in [6.07, 6.45) is 4.44. The lowest BCUT2D eigenvalue weighted by Crippen LogP contribution is -2.47. The summed E-state index contributed by atoms with van der Waals surface area (Å²) in [5.41, 5.74) is -0.124. The van der Waals surface area contributed by atoms with Crippen molar-refractivity contribution in [1.82, 2.24) is 4.90 Å². The summed E-state index contributed by atoms with van der Waals surface area (Å²) in [6, 6.07) is 6.80. The van der Waals surface area contributed by atoms with E-state index in [9.17, 15) is 9.50 Å². The van der Waals surface area contributed by atoms with E-state index in [4.69, 9.17) is 0 Å². The molecule has 2 atom stereocenters. The van der Waals surface area contributed by atoms with Crippen LogP contribution in [0.4, 0.5) is 4.39 Å². The van der Waals surface area contributed by atoms with Gasteiger partial charge >= 0.3 is 0 Å². The summed E-state index contributed by atoms with van der Waals surface area (Å²) < 4.78 is 13.8. The van der Waals surface area contributed by atoms with E-state index in [1.807, 2.05) is 20.2 Å². The molecule has 1 saturated carbocycles. The van der Waals surface area contributed by atoms with Gasteiger partial charge in [-0.2, -0.15) is 0 Å². The SMILES string of the molecule is CN(C)C[C@H]1CCCC[C@]1(O)Cc1ccccc1F. The van der Waals surface area contributed by atoms with Gasteiger partial charge in [0.05, 0.1) is 5.60 Å². The Labute approximate surface area is 115 Å². The zero-order valence-electron chi connectivity index (χ0n) is 11.9. The second kappa shape index (κ2) is 6.02. The van der Waals surface area contributed by atoms with E-state index < -0.39 is 5.60 Å². The molecule has 0 heterocycles. The van der Waals surface area contributed by atoms with Crippen LogP contribution in [0.5, 0.6) is 0 Å². The first-order valence-corrected chi connectivity index (χ1v) is 7.12. The van der Waals surface area contributed by atoms with Crippen LogP contribution >= 0.6 is 0 Å². The number of benzene rings is 1. The van der Waals surface area contributed by atoms with Gasteiger partial charge in [-0.05, 0) is 38.6 Å². The fraction of sp³-hybridized carbons (Fsp3) is 0.625. The Morgan fingerprint density at radius 3 is 2.74 bits per heavy atom. The zero-order chi connectivity index (χ0) is 13.9. The largest absolute Gasteiger partial charge is 0.389 e. The third-order valence-corrected chi connectivity index (χ3v) is 4.21. The number of hydrogen-bond acceptors (Lipinski definition) is 2. The van der Waals surface area contributed by atoms with Crippen molar-refractivity contribution < 1.29 is 9.50 Å². The summed E-state index contributed by atoms with van der Waals surface area (Å²) in [7, 11) is 4.05. The predicted octanol–water partition coefficient (Wildman–Crippen LogP) is 2.85. The van der Waals surface area contributed by atoms with Crippen molar-refractivity contribution in [3.8, 4) is 0 Å². The van der Waals surface area contributed by atoms with Crippen LogP contribution in [-0.2, 0) is 6.42 Å². The Balaban J connectivity index is 2.16. The van der Waals surface area contributed by atoms with Crippen LogP contribution in [0.1, 0.15) is 31.2 Å². The quantitative estimate of drug-likeness (QED) is 0.905. The van der Waals surface area contributed by atoms with Crippen LogP contribution in [0, 0.1) is 11.7 Å². The number of rotatable bonds is 4. The van der Waals surface area contributed by atoms with Crippen molar-refractivity contribution >= 4 is 0 Å². The molecule has 0 spiro atoms. The summed E-state index contributed by atoms with van der Waals surface area (Å²) in [4.78, 5) is 2.11. The summed E-state index contributed by atoms with van der Waals surface area (Å²) in [5, 5.41) is 11.0. The summed E-state index contributed by atoms with van der Waals surface area (Å²) in [6.45, 7) is 0.866. The molecule has 0 saturated heterocycles. The molecule has 1 N–H and O–H groups in total. The lowest BCUT2D eigenvalue weighted by Gasteiger charge is -2.41. The number of aliphatic hydroxyl groups is 1. The monoisotopic (exact) mass is 265 g/mol. The van der Waals surface area contributed by atoms with Gasteiger partial charge in [-0.25, -0.2) is 4.39 Å². The molecule has 1 aliphatic carbocycles. The van der Waals surface area contributed by atoms with Gasteiger partial charge in [0.15, 0.2) is 0 Å². The normalized spacial score (nSPS) is 27.7. The molecule has 0 aliphatic heterocycles. The van der Waals surface area contributed by atoms with Gasteiger partial charge in [0.2, 0.25) is 0 Å². The average molecular weight is 265 g/mol. The van der Waals surface area contributed by atoms with E-state index in [0.717, 1.165) is 32.2 Å². The molecular formula is C16H24FNO. The van der Waals surface area contributed by atoms with Crippen molar-refractivity contribution in [1.29, 1.82) is 0 Å². The van der Waals surface area contributed by atoms with Crippen LogP contribution in [0.15, 0.2) is 24.3 Å². The van der Waals surface area contributed by atoms with Gasteiger partial charge in [-0.15, -0.1) is 0 Å².